The number of hydrogen-bond acceptors (Lipinski definition) is 2. The van der Waals surface area contributed by atoms with Crippen molar-refractivity contribution >= 4 is 22.9 Å². The van der Waals surface area contributed by atoms with Crippen molar-refractivity contribution in [3.8, 4) is 6.07 Å². The van der Waals surface area contributed by atoms with E-state index in [0.29, 0.717) is 5.56 Å². The maximum Gasteiger partial charge on any atom is 0.414 e. The van der Waals surface area contributed by atoms with E-state index in [0.717, 1.165) is 6.08 Å². The highest BCUT2D eigenvalue weighted by molar-refractivity contribution is 7.80. The van der Waals surface area contributed by atoms with E-state index in [1.54, 1.807) is 36.4 Å². The zero-order valence-electron chi connectivity index (χ0n) is 9.48. The van der Waals surface area contributed by atoms with Crippen molar-refractivity contribution < 1.29 is 13.2 Å². The average Bonchev–Trinajstić information content (AvgIpc) is 2.37. The van der Waals surface area contributed by atoms with Crippen LogP contribution in [0.5, 0.6) is 0 Å². The number of alkyl halides is 3. The number of halogens is 3. The monoisotopic (exact) mass is 280 g/mol. The highest BCUT2D eigenvalue weighted by Crippen LogP contribution is 2.35. The summed E-state index contributed by atoms with van der Waals surface area (Å²) < 4.78 is 38.7. The first-order valence-electron chi connectivity index (χ1n) is 5.30. The highest BCUT2D eigenvalue weighted by Gasteiger charge is 2.42. The van der Waals surface area contributed by atoms with Gasteiger partial charge >= 0.3 is 6.18 Å². The minimum absolute atomic E-state index is 0.129. The molecule has 0 aliphatic carbocycles. The number of nitrogens with zero attached hydrogens (tertiary/aromatic N) is 2. The average molecular weight is 280 g/mol. The van der Waals surface area contributed by atoms with Gasteiger partial charge in [0.1, 0.15) is 10.9 Å². The third-order valence-electron chi connectivity index (χ3n) is 2.61. The molecule has 0 saturated carbocycles. The third-order valence-corrected chi connectivity index (χ3v) is 2.93. The van der Waals surface area contributed by atoms with E-state index < -0.39 is 17.7 Å². The number of aliphatic imine (C=N–C) groups is 1. The van der Waals surface area contributed by atoms with Crippen LogP contribution < -0.4 is 0 Å². The van der Waals surface area contributed by atoms with Crippen LogP contribution in [0.4, 0.5) is 13.2 Å². The van der Waals surface area contributed by atoms with Gasteiger partial charge in [0.05, 0.1) is 17.4 Å². The number of rotatable bonds is 1. The minimum Gasteiger partial charge on any atom is -0.239 e. The second kappa shape index (κ2) is 4.94. The standard InChI is InChI=1S/C13H7F3N2S/c14-13(15,16)10-6-11(8-4-2-1-3-5-8)18-12(19)9(10)7-17/h1-6,9H/t9-/m1/s1. The van der Waals surface area contributed by atoms with Gasteiger partial charge in [-0.25, -0.2) is 4.99 Å². The second-order valence-electron chi connectivity index (χ2n) is 3.86. The fraction of sp³-hybridized carbons (Fsp3) is 0.154. The van der Waals surface area contributed by atoms with Gasteiger partial charge in [0, 0.05) is 5.56 Å². The quantitative estimate of drug-likeness (QED) is 0.739. The van der Waals surface area contributed by atoms with Crippen LogP contribution in [0, 0.1) is 17.2 Å². The van der Waals surface area contributed by atoms with Gasteiger partial charge < -0.3 is 0 Å². The van der Waals surface area contributed by atoms with Gasteiger partial charge in [-0.05, 0) is 6.08 Å². The van der Waals surface area contributed by atoms with Crippen LogP contribution in [0.3, 0.4) is 0 Å². The summed E-state index contributed by atoms with van der Waals surface area (Å²) in [4.78, 5) is 3.66. The molecule has 1 aliphatic heterocycles. The summed E-state index contributed by atoms with van der Waals surface area (Å²) in [5.74, 6) is -1.51. The summed E-state index contributed by atoms with van der Waals surface area (Å²) in [7, 11) is 0. The molecule has 1 aromatic carbocycles. The zero-order chi connectivity index (χ0) is 14.0. The third kappa shape index (κ3) is 2.71. The van der Waals surface area contributed by atoms with Crippen molar-refractivity contribution in [2.45, 2.75) is 6.18 Å². The topological polar surface area (TPSA) is 36.1 Å². The molecule has 0 spiro atoms. The van der Waals surface area contributed by atoms with E-state index in [2.05, 4.69) is 4.99 Å². The number of dihydropyridines is 1. The second-order valence-corrected chi connectivity index (χ2v) is 4.28. The predicted molar refractivity (Wildman–Crippen MR) is 68.8 cm³/mol. The fourth-order valence-electron chi connectivity index (χ4n) is 1.71. The highest BCUT2D eigenvalue weighted by atomic mass is 32.1. The molecule has 1 heterocycles. The number of allylic oxidation sites excluding steroid dienone is 1. The molecule has 2 rings (SSSR count). The van der Waals surface area contributed by atoms with E-state index in [9.17, 15) is 13.2 Å². The molecule has 0 radical (unpaired) electrons. The van der Waals surface area contributed by atoms with E-state index in [1.807, 2.05) is 0 Å². The Labute approximate surface area is 112 Å². The van der Waals surface area contributed by atoms with Crippen LogP contribution in [0.15, 0.2) is 47.0 Å². The van der Waals surface area contributed by atoms with Gasteiger partial charge in [0.25, 0.3) is 0 Å². The molecule has 1 atom stereocenters. The molecule has 0 N–H and O–H groups in total. The molecule has 19 heavy (non-hydrogen) atoms. The molecule has 0 saturated heterocycles. The van der Waals surface area contributed by atoms with Crippen molar-refractivity contribution in [3.63, 3.8) is 0 Å². The van der Waals surface area contributed by atoms with Crippen LogP contribution in [0.2, 0.25) is 0 Å². The van der Waals surface area contributed by atoms with Crippen LogP contribution in [0.1, 0.15) is 5.56 Å². The summed E-state index contributed by atoms with van der Waals surface area (Å²) in [6.07, 6.45) is -3.71. The Morgan fingerprint density at radius 3 is 2.37 bits per heavy atom. The molecule has 6 heteroatoms. The van der Waals surface area contributed by atoms with Gasteiger partial charge in [-0.2, -0.15) is 18.4 Å². The van der Waals surface area contributed by atoms with Gasteiger partial charge in [0.15, 0.2) is 0 Å². The molecule has 0 aromatic heterocycles. The summed E-state index contributed by atoms with van der Waals surface area (Å²) in [5.41, 5.74) is -0.304. The lowest BCUT2D eigenvalue weighted by atomic mass is 9.93. The summed E-state index contributed by atoms with van der Waals surface area (Å²) in [6, 6.07) is 9.95. The normalized spacial score (nSPS) is 19.5. The Balaban J connectivity index is 2.52. The number of benzene rings is 1. The molecule has 1 aromatic rings. The first kappa shape index (κ1) is 13.4. The fourth-order valence-corrected chi connectivity index (χ4v) is 1.98. The largest absolute Gasteiger partial charge is 0.414 e. The molecule has 2 nitrogen and oxygen atoms in total. The maximum absolute atomic E-state index is 12.9. The molecule has 0 amide bonds. The maximum atomic E-state index is 12.9. The smallest absolute Gasteiger partial charge is 0.239 e. The van der Waals surface area contributed by atoms with Crippen LogP contribution in [0.25, 0.3) is 0 Å². The number of nitriles is 1. The lowest BCUT2D eigenvalue weighted by Gasteiger charge is -2.20. The predicted octanol–water partition coefficient (Wildman–Crippen LogP) is 3.45. The first-order valence-corrected chi connectivity index (χ1v) is 5.70. The summed E-state index contributed by atoms with van der Waals surface area (Å²) >= 11 is 4.80. The van der Waals surface area contributed by atoms with Crippen molar-refractivity contribution in [2.75, 3.05) is 0 Å². The lowest BCUT2D eigenvalue weighted by molar-refractivity contribution is -0.0947. The molecule has 0 unspecified atom stereocenters. The molecular formula is C13H7F3N2S. The van der Waals surface area contributed by atoms with E-state index in [-0.39, 0.29) is 10.7 Å². The summed E-state index contributed by atoms with van der Waals surface area (Å²) in [6.45, 7) is 0. The lowest BCUT2D eigenvalue weighted by Crippen LogP contribution is -2.28. The molecular weight excluding hydrogens is 273 g/mol. The van der Waals surface area contributed by atoms with E-state index >= 15 is 0 Å². The Kier molecular flexibility index (Phi) is 3.49. The van der Waals surface area contributed by atoms with Gasteiger partial charge in [-0.3, -0.25) is 0 Å². The van der Waals surface area contributed by atoms with Gasteiger partial charge in [-0.1, -0.05) is 42.5 Å². The number of hydrogen-bond donors (Lipinski definition) is 0. The summed E-state index contributed by atoms with van der Waals surface area (Å²) in [5, 5.41) is 8.80. The molecule has 96 valence electrons. The minimum atomic E-state index is -4.60. The SMILES string of the molecule is N#C[C@H]1C(=S)N=C(c2ccccc2)C=C1C(F)(F)F. The van der Waals surface area contributed by atoms with Gasteiger partial charge in [0.2, 0.25) is 0 Å². The van der Waals surface area contributed by atoms with Crippen LogP contribution in [-0.2, 0) is 0 Å². The van der Waals surface area contributed by atoms with E-state index in [4.69, 9.17) is 17.5 Å². The molecule has 0 fully saturated rings. The van der Waals surface area contributed by atoms with E-state index in [1.165, 1.54) is 0 Å². The molecule has 0 bridgehead atoms. The van der Waals surface area contributed by atoms with Crippen molar-refractivity contribution in [3.05, 3.63) is 47.5 Å². The Hall–Kier alpha value is -2.00. The Morgan fingerprint density at radius 2 is 1.84 bits per heavy atom. The Bertz CT molecular complexity index is 609. The number of thiocarbonyl (C=S) groups is 1. The first-order chi connectivity index (χ1) is 8.93. The van der Waals surface area contributed by atoms with Crippen LogP contribution in [-0.4, -0.2) is 16.9 Å². The zero-order valence-corrected chi connectivity index (χ0v) is 10.3. The van der Waals surface area contributed by atoms with Crippen LogP contribution >= 0.6 is 12.2 Å². The van der Waals surface area contributed by atoms with Crippen molar-refractivity contribution in [1.82, 2.24) is 0 Å². The molecule has 1 aliphatic rings. The van der Waals surface area contributed by atoms with Crippen molar-refractivity contribution in [2.24, 2.45) is 10.9 Å². The van der Waals surface area contributed by atoms with Crippen molar-refractivity contribution in [1.29, 1.82) is 5.26 Å². The van der Waals surface area contributed by atoms with Gasteiger partial charge in [-0.15, -0.1) is 0 Å². The Morgan fingerprint density at radius 1 is 1.21 bits per heavy atom.